The molecule has 0 fully saturated rings. The number of nitrogens with zero attached hydrogens (tertiary/aromatic N) is 2. The number of aliphatic carboxylic acids is 1. The van der Waals surface area contributed by atoms with Crippen molar-refractivity contribution >= 4 is 17.6 Å². The highest BCUT2D eigenvalue weighted by atomic mass is 35.5. The summed E-state index contributed by atoms with van der Waals surface area (Å²) in [5.74, 6) is -1.25. The van der Waals surface area contributed by atoms with Gasteiger partial charge in [0.05, 0.1) is 10.7 Å². The molecule has 0 aliphatic heterocycles. The van der Waals surface area contributed by atoms with Crippen LogP contribution in [-0.4, -0.2) is 20.9 Å². The van der Waals surface area contributed by atoms with Gasteiger partial charge in [-0.2, -0.15) is 18.3 Å². The molecule has 0 saturated heterocycles. The Balaban J connectivity index is 3.33. The highest BCUT2D eigenvalue weighted by Gasteiger charge is 2.39. The zero-order valence-electron chi connectivity index (χ0n) is 9.05. The molecule has 1 heterocycles. The average Bonchev–Trinajstić information content (AvgIpc) is 2.46. The van der Waals surface area contributed by atoms with Crippen molar-refractivity contribution in [3.8, 4) is 0 Å². The van der Waals surface area contributed by atoms with Gasteiger partial charge in [0.15, 0.2) is 5.69 Å². The highest BCUT2D eigenvalue weighted by molar-refractivity contribution is 6.32. The first-order valence-electron chi connectivity index (χ1n) is 4.74. The van der Waals surface area contributed by atoms with E-state index in [-0.39, 0.29) is 12.1 Å². The third-order valence-electron chi connectivity index (χ3n) is 2.31. The summed E-state index contributed by atoms with van der Waals surface area (Å²) in [5, 5.41) is 11.6. The van der Waals surface area contributed by atoms with Crippen LogP contribution in [0.3, 0.4) is 0 Å². The maximum atomic E-state index is 12.5. The molecule has 1 aromatic rings. The molecule has 0 bridgehead atoms. The van der Waals surface area contributed by atoms with Crippen molar-refractivity contribution in [3.63, 3.8) is 0 Å². The lowest BCUT2D eigenvalue weighted by atomic mass is 10.2. The molecule has 0 spiro atoms. The molecule has 4 nitrogen and oxygen atoms in total. The Morgan fingerprint density at radius 2 is 2.12 bits per heavy atom. The number of carbonyl (C=O) groups is 1. The van der Waals surface area contributed by atoms with Gasteiger partial charge in [-0.05, 0) is 13.3 Å². The van der Waals surface area contributed by atoms with Crippen LogP contribution < -0.4 is 0 Å². The summed E-state index contributed by atoms with van der Waals surface area (Å²) in [6.45, 7) is 2.84. The van der Waals surface area contributed by atoms with Gasteiger partial charge in [0.25, 0.3) is 0 Å². The van der Waals surface area contributed by atoms with Crippen molar-refractivity contribution in [2.75, 3.05) is 0 Å². The normalized spacial score (nSPS) is 13.8. The molecule has 0 radical (unpaired) electrons. The largest absolute Gasteiger partial charge is 0.480 e. The Hall–Kier alpha value is -1.24. The quantitative estimate of drug-likeness (QED) is 0.919. The standard InChI is InChI=1S/C9H10ClF3N2O2/c1-3-5(8(16)17)15-4(2)6(10)7(14-15)9(11,12)13/h5H,3H2,1-2H3,(H,16,17)/t5-/m1/s1. The molecule has 96 valence electrons. The topological polar surface area (TPSA) is 55.1 Å². The smallest absolute Gasteiger partial charge is 0.436 e. The van der Waals surface area contributed by atoms with Gasteiger partial charge in [0, 0.05) is 0 Å². The Morgan fingerprint density at radius 3 is 2.41 bits per heavy atom. The predicted molar refractivity (Wildman–Crippen MR) is 53.9 cm³/mol. The van der Waals surface area contributed by atoms with Gasteiger partial charge in [0.2, 0.25) is 0 Å². The number of carboxylic acid groups (broad SMARTS) is 1. The van der Waals surface area contributed by atoms with Gasteiger partial charge in [-0.15, -0.1) is 0 Å². The highest BCUT2D eigenvalue weighted by Crippen LogP contribution is 2.36. The summed E-state index contributed by atoms with van der Waals surface area (Å²) in [5.41, 5.74) is -1.26. The molecule has 0 aromatic carbocycles. The number of hydrogen-bond donors (Lipinski definition) is 1. The Kier molecular flexibility index (Phi) is 3.71. The van der Waals surface area contributed by atoms with Crippen molar-refractivity contribution in [1.29, 1.82) is 0 Å². The third-order valence-corrected chi connectivity index (χ3v) is 2.76. The monoisotopic (exact) mass is 270 g/mol. The second-order valence-corrected chi connectivity index (χ2v) is 3.83. The van der Waals surface area contributed by atoms with E-state index < -0.39 is 28.9 Å². The maximum Gasteiger partial charge on any atom is 0.436 e. The molecule has 0 unspecified atom stereocenters. The summed E-state index contributed by atoms with van der Waals surface area (Å²) in [6.07, 6.45) is -4.57. The fourth-order valence-electron chi connectivity index (χ4n) is 1.44. The minimum atomic E-state index is -4.69. The number of alkyl halides is 3. The van der Waals surface area contributed by atoms with Crippen LogP contribution in [-0.2, 0) is 11.0 Å². The zero-order valence-corrected chi connectivity index (χ0v) is 9.80. The second kappa shape index (κ2) is 4.56. The Labute approximate surface area is 100.0 Å². The number of aromatic nitrogens is 2. The van der Waals surface area contributed by atoms with Gasteiger partial charge in [-0.25, -0.2) is 4.79 Å². The van der Waals surface area contributed by atoms with E-state index in [4.69, 9.17) is 16.7 Å². The summed E-state index contributed by atoms with van der Waals surface area (Å²) >= 11 is 5.51. The minimum Gasteiger partial charge on any atom is -0.480 e. The molecule has 0 amide bonds. The molecule has 0 saturated carbocycles. The first-order chi connectivity index (χ1) is 7.70. The van der Waals surface area contributed by atoms with Crippen LogP contribution in [0.1, 0.15) is 30.8 Å². The molecule has 0 aliphatic rings. The van der Waals surface area contributed by atoms with Crippen LogP contribution in [0.15, 0.2) is 0 Å². The molecule has 1 N–H and O–H groups in total. The fourth-order valence-corrected chi connectivity index (χ4v) is 1.67. The second-order valence-electron chi connectivity index (χ2n) is 3.45. The van der Waals surface area contributed by atoms with Crippen LogP contribution in [0.5, 0.6) is 0 Å². The number of carboxylic acids is 1. The third kappa shape index (κ3) is 2.54. The Bertz CT molecular complexity index is 442. The van der Waals surface area contributed by atoms with Crippen molar-refractivity contribution in [2.45, 2.75) is 32.5 Å². The summed E-state index contributed by atoms with van der Waals surface area (Å²) in [7, 11) is 0. The zero-order chi connectivity index (χ0) is 13.4. The van der Waals surface area contributed by atoms with Crippen molar-refractivity contribution in [2.24, 2.45) is 0 Å². The van der Waals surface area contributed by atoms with Crippen LogP contribution in [0.25, 0.3) is 0 Å². The molecule has 1 atom stereocenters. The van der Waals surface area contributed by atoms with Crippen LogP contribution >= 0.6 is 11.6 Å². The Morgan fingerprint density at radius 1 is 1.59 bits per heavy atom. The van der Waals surface area contributed by atoms with Gasteiger partial charge >= 0.3 is 12.1 Å². The van der Waals surface area contributed by atoms with Gasteiger partial charge in [-0.3, -0.25) is 4.68 Å². The number of halogens is 4. The lowest BCUT2D eigenvalue weighted by Crippen LogP contribution is -2.21. The van der Waals surface area contributed by atoms with E-state index in [1.807, 2.05) is 0 Å². The summed E-state index contributed by atoms with van der Waals surface area (Å²) in [4.78, 5) is 10.9. The molecule has 0 aliphatic carbocycles. The molecule has 1 rings (SSSR count). The van der Waals surface area contributed by atoms with E-state index in [9.17, 15) is 18.0 Å². The van der Waals surface area contributed by atoms with E-state index in [1.54, 1.807) is 6.92 Å². The average molecular weight is 271 g/mol. The van der Waals surface area contributed by atoms with E-state index >= 15 is 0 Å². The molecular formula is C9H10ClF3N2O2. The van der Waals surface area contributed by atoms with Crippen molar-refractivity contribution in [3.05, 3.63) is 16.4 Å². The van der Waals surface area contributed by atoms with Crippen molar-refractivity contribution < 1.29 is 23.1 Å². The summed E-state index contributed by atoms with van der Waals surface area (Å²) < 4.78 is 38.3. The minimum absolute atomic E-state index is 0.00626. The van der Waals surface area contributed by atoms with Gasteiger partial charge < -0.3 is 5.11 Å². The lowest BCUT2D eigenvalue weighted by molar-refractivity contribution is -0.144. The van der Waals surface area contributed by atoms with Gasteiger partial charge in [-0.1, -0.05) is 18.5 Å². The molecule has 8 heteroatoms. The lowest BCUT2D eigenvalue weighted by Gasteiger charge is -2.12. The molecular weight excluding hydrogens is 261 g/mol. The summed E-state index contributed by atoms with van der Waals surface area (Å²) in [6, 6.07) is -1.15. The van der Waals surface area contributed by atoms with Gasteiger partial charge in [0.1, 0.15) is 6.04 Å². The van der Waals surface area contributed by atoms with E-state index in [1.165, 1.54) is 6.92 Å². The van der Waals surface area contributed by atoms with Crippen LogP contribution in [0.4, 0.5) is 13.2 Å². The first-order valence-corrected chi connectivity index (χ1v) is 5.12. The SMILES string of the molecule is CC[C@H](C(=O)O)n1nc(C(F)(F)F)c(Cl)c1C. The van der Waals surface area contributed by atoms with Crippen LogP contribution in [0, 0.1) is 6.92 Å². The predicted octanol–water partition coefficient (Wildman–Crippen LogP) is 2.90. The molecule has 17 heavy (non-hydrogen) atoms. The van der Waals surface area contributed by atoms with Crippen LogP contribution in [0.2, 0.25) is 5.02 Å². The van der Waals surface area contributed by atoms with E-state index in [0.29, 0.717) is 0 Å². The number of rotatable bonds is 3. The number of hydrogen-bond acceptors (Lipinski definition) is 2. The maximum absolute atomic E-state index is 12.5. The van der Waals surface area contributed by atoms with E-state index in [0.717, 1.165) is 4.68 Å². The van der Waals surface area contributed by atoms with E-state index in [2.05, 4.69) is 5.10 Å². The molecule has 1 aromatic heterocycles. The fraction of sp³-hybridized carbons (Fsp3) is 0.556. The first kappa shape index (κ1) is 13.8. The van der Waals surface area contributed by atoms with Crippen molar-refractivity contribution in [1.82, 2.24) is 9.78 Å².